The second kappa shape index (κ2) is 7.83. The van der Waals surface area contributed by atoms with Gasteiger partial charge in [0, 0.05) is 23.2 Å². The van der Waals surface area contributed by atoms with Crippen LogP contribution in [0.3, 0.4) is 0 Å². The summed E-state index contributed by atoms with van der Waals surface area (Å²) in [6.45, 7) is 0.239. The van der Waals surface area contributed by atoms with Crippen molar-refractivity contribution in [1.29, 1.82) is 0 Å². The fourth-order valence-corrected chi connectivity index (χ4v) is 6.50. The summed E-state index contributed by atoms with van der Waals surface area (Å²) in [7, 11) is 0. The molecule has 3 aromatic rings. The lowest BCUT2D eigenvalue weighted by atomic mass is 9.64. The van der Waals surface area contributed by atoms with Gasteiger partial charge >= 0.3 is 5.97 Å². The van der Waals surface area contributed by atoms with Crippen LogP contribution in [0, 0.1) is 17.6 Å². The van der Waals surface area contributed by atoms with E-state index in [2.05, 4.69) is 15.0 Å². The third kappa shape index (κ3) is 3.21. The van der Waals surface area contributed by atoms with Crippen molar-refractivity contribution in [2.75, 3.05) is 4.90 Å². The Balaban J connectivity index is 1.10. The summed E-state index contributed by atoms with van der Waals surface area (Å²) in [4.78, 5) is 17.9. The first kappa shape index (κ1) is 21.9. The number of pyridine rings is 1. The van der Waals surface area contributed by atoms with Crippen molar-refractivity contribution in [1.82, 2.24) is 10.1 Å². The van der Waals surface area contributed by atoms with Gasteiger partial charge in [0.15, 0.2) is 11.6 Å². The summed E-state index contributed by atoms with van der Waals surface area (Å²) in [6, 6.07) is 7.79. The number of hydrogen-bond acceptors (Lipinski definition) is 6. The summed E-state index contributed by atoms with van der Waals surface area (Å²) in [6.07, 6.45) is 7.42. The Morgan fingerprint density at radius 2 is 2.06 bits per heavy atom. The van der Waals surface area contributed by atoms with E-state index in [1.807, 2.05) is 0 Å². The minimum Gasteiger partial charge on any atom is -0.478 e. The van der Waals surface area contributed by atoms with E-state index in [0.29, 0.717) is 23.2 Å². The van der Waals surface area contributed by atoms with Crippen molar-refractivity contribution < 1.29 is 27.9 Å². The molecule has 1 saturated heterocycles. The van der Waals surface area contributed by atoms with Crippen LogP contribution in [0.4, 0.5) is 14.6 Å². The van der Waals surface area contributed by atoms with Crippen LogP contribution in [0.25, 0.3) is 11.3 Å². The normalized spacial score (nSPS) is 28.3. The quantitative estimate of drug-likeness (QED) is 0.447. The molecule has 2 aromatic heterocycles. The summed E-state index contributed by atoms with van der Waals surface area (Å²) in [5.74, 6) is -0.544. The molecule has 0 radical (unpaired) electrons. The van der Waals surface area contributed by atoms with Crippen LogP contribution in [0.15, 0.2) is 41.1 Å². The average molecular weight is 494 g/mol. The fraction of sp³-hybridized carbons (Fsp3) is 0.444. The van der Waals surface area contributed by atoms with Crippen LogP contribution in [-0.2, 0) is 11.3 Å². The number of carboxylic acid groups (broad SMARTS) is 1. The van der Waals surface area contributed by atoms with E-state index < -0.39 is 17.6 Å². The number of hydrogen-bond donors (Lipinski definition) is 1. The fourth-order valence-electron chi connectivity index (χ4n) is 6.50. The van der Waals surface area contributed by atoms with Gasteiger partial charge in [0.1, 0.15) is 17.3 Å². The zero-order chi connectivity index (χ0) is 24.6. The topological polar surface area (TPSA) is 88.5 Å². The highest BCUT2D eigenvalue weighted by Crippen LogP contribution is 2.65. The summed E-state index contributed by atoms with van der Waals surface area (Å²) >= 11 is 0. The van der Waals surface area contributed by atoms with Gasteiger partial charge in [0.2, 0.25) is 0 Å². The Kier molecular flexibility index (Phi) is 4.77. The smallest absolute Gasteiger partial charge is 0.337 e. The van der Waals surface area contributed by atoms with E-state index in [1.54, 1.807) is 12.1 Å². The molecule has 186 valence electrons. The molecule has 3 aliphatic carbocycles. The lowest BCUT2D eigenvalue weighted by Gasteiger charge is -2.42. The summed E-state index contributed by atoms with van der Waals surface area (Å²) in [5.41, 5.74) is 1.42. The van der Waals surface area contributed by atoms with Crippen LogP contribution in [0.1, 0.15) is 66.1 Å². The molecule has 1 spiro atoms. The van der Waals surface area contributed by atoms with Crippen molar-refractivity contribution in [3.63, 3.8) is 0 Å². The average Bonchev–Trinajstić information content (AvgIpc) is 3.78. The van der Waals surface area contributed by atoms with Crippen LogP contribution >= 0.6 is 0 Å². The summed E-state index contributed by atoms with van der Waals surface area (Å²) < 4.78 is 40.5. The first-order valence-corrected chi connectivity index (χ1v) is 12.5. The molecule has 4 atom stereocenters. The number of nitrogens with zero attached hydrogens (tertiary/aromatic N) is 3. The largest absolute Gasteiger partial charge is 0.478 e. The third-order valence-corrected chi connectivity index (χ3v) is 8.58. The number of aromatic nitrogens is 2. The van der Waals surface area contributed by atoms with E-state index in [4.69, 9.17) is 9.26 Å². The molecule has 1 N–H and O–H groups in total. The molecule has 0 bridgehead atoms. The highest BCUT2D eigenvalue weighted by atomic mass is 19.2. The first-order chi connectivity index (χ1) is 17.5. The Labute approximate surface area is 206 Å². The SMILES string of the molecule is O=C(O)c1ccc(N2C3CC(OCc4c(-c5cccc(F)c5F)noc4C4CC4)CC4CC[C@]432)nc1. The van der Waals surface area contributed by atoms with Crippen molar-refractivity contribution >= 4 is 11.8 Å². The maximum absolute atomic E-state index is 14.6. The monoisotopic (exact) mass is 493 g/mol. The second-order valence-corrected chi connectivity index (χ2v) is 10.5. The standard InChI is InChI=1S/C27H25F2N3O4/c28-20-3-1-2-18(23(20)29)24-19(25(36-31-24)14-4-5-14)13-35-17-10-16-8-9-27(16)21(11-17)32(27)22-7-6-15(12-30-22)26(33)34/h1-3,6-7,12,14,16-17,21H,4-5,8-11,13H2,(H,33,34)/t16?,17?,21?,27-,32?/m0/s1. The Morgan fingerprint density at radius 3 is 2.75 bits per heavy atom. The number of rotatable bonds is 7. The molecule has 9 heteroatoms. The molecule has 3 heterocycles. The number of halogens is 2. The number of carboxylic acids is 1. The van der Waals surface area contributed by atoms with Crippen LogP contribution in [0.5, 0.6) is 0 Å². The van der Waals surface area contributed by atoms with Gasteiger partial charge < -0.3 is 19.3 Å². The number of ether oxygens (including phenoxy) is 1. The van der Waals surface area contributed by atoms with E-state index in [1.165, 1.54) is 18.3 Å². The highest BCUT2D eigenvalue weighted by molar-refractivity contribution is 5.87. The van der Waals surface area contributed by atoms with Crippen molar-refractivity contribution in [2.24, 2.45) is 5.92 Å². The predicted molar refractivity (Wildman–Crippen MR) is 125 cm³/mol. The molecule has 36 heavy (non-hydrogen) atoms. The highest BCUT2D eigenvalue weighted by Gasteiger charge is 2.73. The van der Waals surface area contributed by atoms with Crippen LogP contribution in [-0.4, -0.2) is 38.9 Å². The number of aromatic carboxylic acids is 1. The van der Waals surface area contributed by atoms with Crippen LogP contribution in [0.2, 0.25) is 0 Å². The molecule has 4 fully saturated rings. The third-order valence-electron chi connectivity index (χ3n) is 8.58. The molecule has 1 aromatic carbocycles. The van der Waals surface area contributed by atoms with E-state index in [0.717, 1.165) is 56.2 Å². The van der Waals surface area contributed by atoms with E-state index in [-0.39, 0.29) is 35.3 Å². The van der Waals surface area contributed by atoms with Gasteiger partial charge in [0.25, 0.3) is 0 Å². The number of carbonyl (C=O) groups is 1. The molecule has 7 nitrogen and oxygen atoms in total. The van der Waals surface area contributed by atoms with Gasteiger partial charge in [-0.2, -0.15) is 0 Å². The Hall–Kier alpha value is -3.33. The number of benzene rings is 1. The van der Waals surface area contributed by atoms with Crippen molar-refractivity contribution in [3.05, 3.63) is 65.1 Å². The van der Waals surface area contributed by atoms with Crippen molar-refractivity contribution in [3.8, 4) is 11.3 Å². The molecule has 1 aliphatic heterocycles. The van der Waals surface area contributed by atoms with Gasteiger partial charge in [-0.25, -0.2) is 18.6 Å². The lowest BCUT2D eigenvalue weighted by molar-refractivity contribution is -0.0160. The maximum Gasteiger partial charge on any atom is 0.337 e. The van der Waals surface area contributed by atoms with Gasteiger partial charge in [-0.1, -0.05) is 11.2 Å². The lowest BCUT2D eigenvalue weighted by Crippen LogP contribution is -2.46. The van der Waals surface area contributed by atoms with Gasteiger partial charge in [-0.3, -0.25) is 0 Å². The summed E-state index contributed by atoms with van der Waals surface area (Å²) in [5, 5.41) is 13.3. The molecule has 4 aliphatic rings. The zero-order valence-corrected chi connectivity index (χ0v) is 19.5. The minimum absolute atomic E-state index is 0.0175. The maximum atomic E-state index is 14.6. The van der Waals surface area contributed by atoms with Crippen molar-refractivity contribution in [2.45, 2.75) is 68.7 Å². The first-order valence-electron chi connectivity index (χ1n) is 12.5. The van der Waals surface area contributed by atoms with Gasteiger partial charge in [0.05, 0.1) is 29.9 Å². The van der Waals surface area contributed by atoms with Crippen LogP contribution < -0.4 is 4.90 Å². The van der Waals surface area contributed by atoms with Gasteiger partial charge in [-0.05, 0) is 68.7 Å². The van der Waals surface area contributed by atoms with Gasteiger partial charge in [-0.15, -0.1) is 0 Å². The van der Waals surface area contributed by atoms with E-state index in [9.17, 15) is 18.7 Å². The zero-order valence-electron chi connectivity index (χ0n) is 19.5. The molecular formula is C27H25F2N3O4. The predicted octanol–water partition coefficient (Wildman–Crippen LogP) is 5.31. The Bertz CT molecular complexity index is 1360. The minimum atomic E-state index is -0.984. The molecule has 0 amide bonds. The molecule has 3 saturated carbocycles. The molecular weight excluding hydrogens is 468 g/mol. The number of anilines is 1. The molecule has 3 unspecified atom stereocenters. The van der Waals surface area contributed by atoms with E-state index >= 15 is 0 Å². The molecule has 7 rings (SSSR count). The second-order valence-electron chi connectivity index (χ2n) is 10.5. The Morgan fingerprint density at radius 1 is 1.19 bits per heavy atom.